The SMILES string of the molecule is CC(C)C(COCCOCCOCC(Br)(C(C)C)C(C)C)C(O[P+](=O)O)(O[P+](=O)O)C(C)C. The number of hydrogen-bond donors (Lipinski definition) is 2. The zero-order valence-electron chi connectivity index (χ0n) is 21.2. The summed E-state index contributed by atoms with van der Waals surface area (Å²) in [7, 11) is -6.14. The average molecular weight is 581 g/mol. The topological polar surface area (TPSA) is 121 Å². The molecule has 0 aromatic carbocycles. The molecular formula is C21H43BrO9P2+2. The predicted octanol–water partition coefficient (Wildman–Crippen LogP) is 5.44. The number of rotatable bonds is 19. The number of ether oxygens (including phenoxy) is 3. The van der Waals surface area contributed by atoms with Gasteiger partial charge in [-0.3, -0.25) is 0 Å². The van der Waals surface area contributed by atoms with Crippen LogP contribution in [0.2, 0.25) is 0 Å². The van der Waals surface area contributed by atoms with Crippen molar-refractivity contribution in [3.63, 3.8) is 0 Å². The highest BCUT2D eigenvalue weighted by Crippen LogP contribution is 2.46. The van der Waals surface area contributed by atoms with Crippen LogP contribution in [-0.4, -0.2) is 59.5 Å². The zero-order chi connectivity index (χ0) is 25.8. The van der Waals surface area contributed by atoms with Crippen molar-refractivity contribution < 1.29 is 42.2 Å². The van der Waals surface area contributed by atoms with Gasteiger partial charge in [0.2, 0.25) is 0 Å². The first-order valence-corrected chi connectivity index (χ1v) is 14.4. The Morgan fingerprint density at radius 1 is 0.727 bits per heavy atom. The normalized spacial score (nSPS) is 16.6. The summed E-state index contributed by atoms with van der Waals surface area (Å²) in [6.45, 7) is 17.9. The van der Waals surface area contributed by atoms with Gasteiger partial charge in [0.05, 0.1) is 44.0 Å². The summed E-state index contributed by atoms with van der Waals surface area (Å²) in [5, 5.41) is 0. The van der Waals surface area contributed by atoms with Gasteiger partial charge in [-0.15, -0.1) is 9.79 Å². The largest absolute Gasteiger partial charge is 0.697 e. The minimum atomic E-state index is -3.07. The van der Waals surface area contributed by atoms with Crippen molar-refractivity contribution >= 4 is 32.4 Å². The minimum absolute atomic E-state index is 0.0764. The van der Waals surface area contributed by atoms with E-state index in [-0.39, 0.29) is 23.5 Å². The molecule has 0 aromatic heterocycles. The van der Waals surface area contributed by atoms with Crippen LogP contribution in [0.3, 0.4) is 0 Å². The summed E-state index contributed by atoms with van der Waals surface area (Å²) in [6.07, 6.45) is 0. The molecule has 12 heteroatoms. The highest BCUT2D eigenvalue weighted by Gasteiger charge is 2.58. The first-order chi connectivity index (χ1) is 15.2. The minimum Gasteiger partial charge on any atom is -0.379 e. The van der Waals surface area contributed by atoms with Crippen molar-refractivity contribution in [3.8, 4) is 0 Å². The molecule has 0 rings (SSSR count). The fourth-order valence-electron chi connectivity index (χ4n) is 3.59. The van der Waals surface area contributed by atoms with Crippen LogP contribution in [0.5, 0.6) is 0 Å². The molecule has 0 heterocycles. The van der Waals surface area contributed by atoms with E-state index in [1.807, 2.05) is 13.8 Å². The molecule has 0 aliphatic rings. The smallest absolute Gasteiger partial charge is 0.379 e. The van der Waals surface area contributed by atoms with E-state index in [0.717, 1.165) is 0 Å². The maximum atomic E-state index is 11.5. The van der Waals surface area contributed by atoms with Crippen LogP contribution < -0.4 is 0 Å². The summed E-state index contributed by atoms with van der Waals surface area (Å²) in [4.78, 5) is 18.7. The molecule has 0 aliphatic carbocycles. The Labute approximate surface area is 209 Å². The fraction of sp³-hybridized carbons (Fsp3) is 1.00. The first-order valence-electron chi connectivity index (χ1n) is 11.3. The highest BCUT2D eigenvalue weighted by molar-refractivity contribution is 9.10. The standard InChI is InChI=1S/C21H41BrO9P2/c1-15(2)19(21(18(7)8,30-32(23)24)31-33(25)26)13-28-11-9-27-10-12-29-14-20(22,16(3)4)17(5)6/h15-19H,9-14H2,1-8H3/p+2. The lowest BCUT2D eigenvalue weighted by atomic mass is 9.82. The monoisotopic (exact) mass is 580 g/mol. The quantitative estimate of drug-likeness (QED) is 0.0889. The molecule has 3 unspecified atom stereocenters. The maximum absolute atomic E-state index is 11.5. The molecule has 3 atom stereocenters. The van der Waals surface area contributed by atoms with Crippen LogP contribution in [0.15, 0.2) is 0 Å². The Bertz CT molecular complexity index is 564. The van der Waals surface area contributed by atoms with E-state index in [4.69, 9.17) is 23.3 Å². The van der Waals surface area contributed by atoms with Crippen LogP contribution in [0.1, 0.15) is 55.4 Å². The van der Waals surface area contributed by atoms with Crippen LogP contribution in [0, 0.1) is 29.6 Å². The zero-order valence-corrected chi connectivity index (χ0v) is 24.5. The van der Waals surface area contributed by atoms with E-state index in [1.165, 1.54) is 0 Å². The molecule has 0 saturated carbocycles. The van der Waals surface area contributed by atoms with Gasteiger partial charge in [-0.1, -0.05) is 80.4 Å². The molecule has 2 N–H and O–H groups in total. The second kappa shape index (κ2) is 16.2. The molecule has 196 valence electrons. The number of hydrogen-bond acceptors (Lipinski definition) is 7. The van der Waals surface area contributed by atoms with Crippen LogP contribution in [0.25, 0.3) is 0 Å². The number of halogens is 1. The van der Waals surface area contributed by atoms with Crippen molar-refractivity contribution in [3.05, 3.63) is 0 Å². The van der Waals surface area contributed by atoms with Gasteiger partial charge in [-0.25, -0.2) is 0 Å². The molecule has 9 nitrogen and oxygen atoms in total. The summed E-state index contributed by atoms with van der Waals surface area (Å²) >= 11 is 3.82. The van der Waals surface area contributed by atoms with Crippen molar-refractivity contribution in [1.82, 2.24) is 0 Å². The molecule has 33 heavy (non-hydrogen) atoms. The van der Waals surface area contributed by atoms with Gasteiger partial charge >= 0.3 is 16.5 Å². The third-order valence-electron chi connectivity index (χ3n) is 5.85. The van der Waals surface area contributed by atoms with Gasteiger partial charge in [0.1, 0.15) is 0 Å². The summed E-state index contributed by atoms with van der Waals surface area (Å²) < 4.78 is 50.3. The molecule has 0 aliphatic heterocycles. The Hall–Kier alpha value is 0.400. The van der Waals surface area contributed by atoms with Gasteiger partial charge in [-0.05, 0) is 17.8 Å². The van der Waals surface area contributed by atoms with Gasteiger partial charge < -0.3 is 14.2 Å². The second-order valence-electron chi connectivity index (χ2n) is 9.36. The molecule has 0 bridgehead atoms. The Morgan fingerprint density at radius 2 is 1.15 bits per heavy atom. The van der Waals surface area contributed by atoms with Gasteiger partial charge in [-0.2, -0.15) is 0 Å². The van der Waals surface area contributed by atoms with E-state index in [2.05, 4.69) is 43.6 Å². The summed E-state index contributed by atoms with van der Waals surface area (Å²) in [6, 6.07) is 0. The van der Waals surface area contributed by atoms with E-state index in [1.54, 1.807) is 13.8 Å². The molecule has 0 aromatic rings. The lowest BCUT2D eigenvalue weighted by molar-refractivity contribution is -0.211. The van der Waals surface area contributed by atoms with Gasteiger partial charge in [0.15, 0.2) is 0 Å². The Morgan fingerprint density at radius 3 is 1.52 bits per heavy atom. The molecule has 0 amide bonds. The van der Waals surface area contributed by atoms with Crippen molar-refractivity contribution in [2.24, 2.45) is 29.6 Å². The van der Waals surface area contributed by atoms with E-state index >= 15 is 0 Å². The fourth-order valence-corrected chi connectivity index (χ4v) is 5.06. The Kier molecular flexibility index (Phi) is 16.4. The molecule has 0 saturated heterocycles. The van der Waals surface area contributed by atoms with Crippen molar-refractivity contribution in [2.75, 3.05) is 39.6 Å². The van der Waals surface area contributed by atoms with Crippen LogP contribution in [0.4, 0.5) is 0 Å². The molecule has 0 radical (unpaired) electrons. The Balaban J connectivity index is 4.64. The number of alkyl halides is 1. The second-order valence-corrected chi connectivity index (χ2v) is 12.2. The first kappa shape index (κ1) is 33.4. The van der Waals surface area contributed by atoms with E-state index in [9.17, 15) is 18.9 Å². The van der Waals surface area contributed by atoms with Crippen molar-refractivity contribution in [1.29, 1.82) is 0 Å². The van der Waals surface area contributed by atoms with Crippen LogP contribution >= 0.6 is 32.4 Å². The third-order valence-corrected chi connectivity index (χ3v) is 8.80. The predicted molar refractivity (Wildman–Crippen MR) is 132 cm³/mol. The maximum Gasteiger partial charge on any atom is 0.697 e. The van der Waals surface area contributed by atoms with E-state index < -0.39 is 34.1 Å². The van der Waals surface area contributed by atoms with Crippen LogP contribution in [-0.2, 0) is 32.4 Å². The van der Waals surface area contributed by atoms with Gasteiger partial charge in [0, 0.05) is 21.0 Å². The lowest BCUT2D eigenvalue weighted by Gasteiger charge is -2.35. The van der Waals surface area contributed by atoms with E-state index in [0.29, 0.717) is 38.3 Å². The summed E-state index contributed by atoms with van der Waals surface area (Å²) in [5.41, 5.74) is 0. The lowest BCUT2D eigenvalue weighted by Crippen LogP contribution is -2.49. The molecule has 0 fully saturated rings. The third kappa shape index (κ3) is 11.3. The van der Waals surface area contributed by atoms with Crippen molar-refractivity contribution in [2.45, 2.75) is 65.5 Å². The summed E-state index contributed by atoms with van der Waals surface area (Å²) in [5.74, 6) is -2.07. The molecule has 0 spiro atoms. The average Bonchev–Trinajstić information content (AvgIpc) is 2.66. The van der Waals surface area contributed by atoms with Gasteiger partial charge in [0.25, 0.3) is 5.79 Å². The highest BCUT2D eigenvalue weighted by atomic mass is 79.9. The molecular weight excluding hydrogens is 538 g/mol.